The van der Waals surface area contributed by atoms with E-state index in [1.54, 1.807) is 17.0 Å². The van der Waals surface area contributed by atoms with Gasteiger partial charge in [-0.2, -0.15) is 0 Å². The maximum Gasteiger partial charge on any atom is 0.270 e. The van der Waals surface area contributed by atoms with Gasteiger partial charge in [0.05, 0.1) is 37.1 Å². The first-order valence-corrected chi connectivity index (χ1v) is 6.57. The van der Waals surface area contributed by atoms with E-state index in [-0.39, 0.29) is 18.6 Å². The van der Waals surface area contributed by atoms with Gasteiger partial charge < -0.3 is 25.5 Å². The zero-order valence-electron chi connectivity index (χ0n) is 11.0. The topological polar surface area (TPSA) is 91.6 Å². The number of aromatic nitrogens is 1. The summed E-state index contributed by atoms with van der Waals surface area (Å²) in [6.07, 6.45) is 0. The van der Waals surface area contributed by atoms with Crippen LogP contribution < -0.4 is 5.73 Å². The number of nitrogen functional groups attached to an aromatic ring is 1. The van der Waals surface area contributed by atoms with Gasteiger partial charge in [-0.1, -0.05) is 12.1 Å². The maximum absolute atomic E-state index is 12.5. The molecule has 1 fully saturated rings. The fraction of sp³-hybridized carbons (Fsp3) is 0.357. The number of benzene rings is 1. The number of anilines is 1. The number of aromatic amines is 1. The molecule has 6 nitrogen and oxygen atoms in total. The number of carbonyl (C=O) groups is 1. The number of fused-ring (bicyclic) bond motifs is 1. The molecule has 1 amide bonds. The minimum absolute atomic E-state index is 0.103. The van der Waals surface area contributed by atoms with E-state index in [4.69, 9.17) is 10.5 Å². The van der Waals surface area contributed by atoms with Gasteiger partial charge >= 0.3 is 0 Å². The Balaban J connectivity index is 1.93. The lowest BCUT2D eigenvalue weighted by Gasteiger charge is -2.34. The van der Waals surface area contributed by atoms with E-state index in [0.717, 1.165) is 10.9 Å². The number of rotatable bonds is 2. The standard InChI is InChI=1S/C14H17N3O3/c15-11-3-1-2-9-6-12(16-13(9)11)14(19)17-4-5-20-8-10(17)7-18/h1-3,6,10,16,18H,4-5,7-8,15H2. The predicted octanol–water partition coefficient (Wildman–Crippen LogP) is 0.583. The average Bonchev–Trinajstić information content (AvgIpc) is 2.92. The van der Waals surface area contributed by atoms with Gasteiger partial charge in [0.15, 0.2) is 0 Å². The summed E-state index contributed by atoms with van der Waals surface area (Å²) in [6.45, 7) is 1.23. The monoisotopic (exact) mass is 275 g/mol. The zero-order valence-corrected chi connectivity index (χ0v) is 11.0. The average molecular weight is 275 g/mol. The van der Waals surface area contributed by atoms with E-state index in [1.807, 2.05) is 12.1 Å². The van der Waals surface area contributed by atoms with Gasteiger partial charge in [0.2, 0.25) is 0 Å². The molecule has 2 heterocycles. The van der Waals surface area contributed by atoms with Crippen LogP contribution in [0.3, 0.4) is 0 Å². The molecule has 0 bridgehead atoms. The number of nitrogens with one attached hydrogen (secondary N) is 1. The fourth-order valence-corrected chi connectivity index (χ4v) is 2.52. The predicted molar refractivity (Wildman–Crippen MR) is 75.4 cm³/mol. The van der Waals surface area contributed by atoms with E-state index in [2.05, 4.69) is 4.98 Å². The minimum Gasteiger partial charge on any atom is -0.397 e. The summed E-state index contributed by atoms with van der Waals surface area (Å²) < 4.78 is 5.28. The summed E-state index contributed by atoms with van der Waals surface area (Å²) in [7, 11) is 0. The van der Waals surface area contributed by atoms with Crippen LogP contribution in [0.1, 0.15) is 10.5 Å². The van der Waals surface area contributed by atoms with E-state index in [0.29, 0.717) is 31.1 Å². The molecule has 1 aromatic carbocycles. The molecule has 1 saturated heterocycles. The fourth-order valence-electron chi connectivity index (χ4n) is 2.52. The Morgan fingerprint density at radius 1 is 1.55 bits per heavy atom. The SMILES string of the molecule is Nc1cccc2cc(C(=O)N3CCOCC3CO)[nH]c12. The number of aliphatic hydroxyl groups is 1. The summed E-state index contributed by atoms with van der Waals surface area (Å²) in [5.41, 5.74) is 7.75. The van der Waals surface area contributed by atoms with Crippen LogP contribution in [0.2, 0.25) is 0 Å². The van der Waals surface area contributed by atoms with Gasteiger partial charge in [0.1, 0.15) is 5.69 Å². The number of hydrogen-bond acceptors (Lipinski definition) is 4. The van der Waals surface area contributed by atoms with Crippen molar-refractivity contribution in [3.8, 4) is 0 Å². The molecule has 2 aromatic rings. The molecule has 0 spiro atoms. The van der Waals surface area contributed by atoms with Crippen molar-refractivity contribution in [3.63, 3.8) is 0 Å². The number of nitrogens with zero attached hydrogens (tertiary/aromatic N) is 1. The largest absolute Gasteiger partial charge is 0.397 e. The Labute approximate surface area is 116 Å². The third kappa shape index (κ3) is 2.13. The van der Waals surface area contributed by atoms with Crippen molar-refractivity contribution in [1.29, 1.82) is 0 Å². The molecule has 0 saturated carbocycles. The molecule has 4 N–H and O–H groups in total. The lowest BCUT2D eigenvalue weighted by Crippen LogP contribution is -2.50. The third-order valence-corrected chi connectivity index (χ3v) is 3.62. The van der Waals surface area contributed by atoms with Crippen LogP contribution >= 0.6 is 0 Å². The van der Waals surface area contributed by atoms with Crippen LogP contribution in [0.4, 0.5) is 5.69 Å². The lowest BCUT2D eigenvalue weighted by atomic mass is 10.2. The molecule has 0 aliphatic carbocycles. The number of para-hydroxylation sites is 1. The summed E-state index contributed by atoms with van der Waals surface area (Å²) >= 11 is 0. The van der Waals surface area contributed by atoms with Gasteiger partial charge in [-0.3, -0.25) is 4.79 Å². The molecule has 1 aliphatic heterocycles. The maximum atomic E-state index is 12.5. The Morgan fingerprint density at radius 3 is 3.15 bits per heavy atom. The highest BCUT2D eigenvalue weighted by atomic mass is 16.5. The number of aliphatic hydroxyl groups excluding tert-OH is 1. The van der Waals surface area contributed by atoms with Crippen LogP contribution in [0.5, 0.6) is 0 Å². The van der Waals surface area contributed by atoms with Crippen LogP contribution in [0, 0.1) is 0 Å². The number of morpholine rings is 1. The highest BCUT2D eigenvalue weighted by molar-refractivity contribution is 6.01. The third-order valence-electron chi connectivity index (χ3n) is 3.62. The molecule has 0 radical (unpaired) electrons. The van der Waals surface area contributed by atoms with Crippen LogP contribution in [0.25, 0.3) is 10.9 Å². The summed E-state index contributed by atoms with van der Waals surface area (Å²) in [5, 5.41) is 10.2. The summed E-state index contributed by atoms with van der Waals surface area (Å²) in [4.78, 5) is 17.2. The Morgan fingerprint density at radius 2 is 2.40 bits per heavy atom. The first-order valence-electron chi connectivity index (χ1n) is 6.57. The molecule has 1 atom stereocenters. The van der Waals surface area contributed by atoms with Crippen molar-refractivity contribution in [3.05, 3.63) is 30.0 Å². The molecule has 1 unspecified atom stereocenters. The smallest absolute Gasteiger partial charge is 0.270 e. The van der Waals surface area contributed by atoms with Gasteiger partial charge in [-0.15, -0.1) is 0 Å². The highest BCUT2D eigenvalue weighted by Gasteiger charge is 2.28. The number of nitrogens with two attached hydrogens (primary N) is 1. The number of ether oxygens (including phenoxy) is 1. The molecule has 6 heteroatoms. The van der Waals surface area contributed by atoms with E-state index in [1.165, 1.54) is 0 Å². The molecular formula is C14H17N3O3. The Kier molecular flexibility index (Phi) is 3.33. The normalized spacial score (nSPS) is 19.4. The number of carbonyl (C=O) groups excluding carboxylic acids is 1. The van der Waals surface area contributed by atoms with Crippen molar-refractivity contribution in [2.45, 2.75) is 6.04 Å². The van der Waals surface area contributed by atoms with E-state index >= 15 is 0 Å². The first kappa shape index (κ1) is 13.0. The van der Waals surface area contributed by atoms with Crippen LogP contribution in [0.15, 0.2) is 24.3 Å². The number of hydrogen-bond donors (Lipinski definition) is 3. The minimum atomic E-state index is -0.292. The second-order valence-electron chi connectivity index (χ2n) is 4.90. The van der Waals surface area contributed by atoms with Crippen molar-refractivity contribution >= 4 is 22.5 Å². The van der Waals surface area contributed by atoms with Gasteiger partial charge in [0, 0.05) is 11.9 Å². The van der Waals surface area contributed by atoms with E-state index in [9.17, 15) is 9.90 Å². The quantitative estimate of drug-likeness (QED) is 0.699. The zero-order chi connectivity index (χ0) is 14.1. The van der Waals surface area contributed by atoms with Crippen molar-refractivity contribution in [1.82, 2.24) is 9.88 Å². The van der Waals surface area contributed by atoms with Crippen molar-refractivity contribution in [2.75, 3.05) is 32.1 Å². The van der Waals surface area contributed by atoms with Gasteiger partial charge in [-0.25, -0.2) is 0 Å². The number of amides is 1. The molecule has 106 valence electrons. The highest BCUT2D eigenvalue weighted by Crippen LogP contribution is 2.22. The van der Waals surface area contributed by atoms with E-state index < -0.39 is 0 Å². The molecule has 20 heavy (non-hydrogen) atoms. The van der Waals surface area contributed by atoms with Crippen LogP contribution in [-0.2, 0) is 4.74 Å². The summed E-state index contributed by atoms with van der Waals surface area (Å²) in [6, 6.07) is 7.04. The molecule has 1 aromatic heterocycles. The van der Waals surface area contributed by atoms with Crippen molar-refractivity contribution in [2.24, 2.45) is 0 Å². The Bertz CT molecular complexity index is 638. The molecular weight excluding hydrogens is 258 g/mol. The van der Waals surface area contributed by atoms with Gasteiger partial charge in [0.25, 0.3) is 5.91 Å². The molecule has 1 aliphatic rings. The second-order valence-corrected chi connectivity index (χ2v) is 4.90. The molecule has 3 rings (SSSR count). The van der Waals surface area contributed by atoms with Crippen molar-refractivity contribution < 1.29 is 14.6 Å². The number of H-pyrrole nitrogens is 1. The van der Waals surface area contributed by atoms with Gasteiger partial charge in [-0.05, 0) is 12.1 Å². The second kappa shape index (κ2) is 5.15. The first-order chi connectivity index (χ1) is 9.70. The van der Waals surface area contributed by atoms with Crippen LogP contribution in [-0.4, -0.2) is 53.3 Å². The Hall–Kier alpha value is -2.05. The lowest BCUT2D eigenvalue weighted by molar-refractivity contribution is -0.0186. The summed E-state index contributed by atoms with van der Waals surface area (Å²) in [5.74, 6) is -0.136.